The van der Waals surface area contributed by atoms with Crippen LogP contribution in [-0.4, -0.2) is 51.3 Å². The Kier molecular flexibility index (Phi) is 3.93. The average molecular weight is 312 g/mol. The fourth-order valence-corrected chi connectivity index (χ4v) is 3.47. The van der Waals surface area contributed by atoms with E-state index in [2.05, 4.69) is 32.0 Å². The van der Waals surface area contributed by atoms with Crippen molar-refractivity contribution in [1.82, 2.24) is 19.9 Å². The smallest absolute Gasteiger partial charge is 0.316 e. The summed E-state index contributed by atoms with van der Waals surface area (Å²) in [5, 5.41) is 0. The van der Waals surface area contributed by atoms with Crippen molar-refractivity contribution in [3.05, 3.63) is 48.5 Å². The van der Waals surface area contributed by atoms with Crippen LogP contribution in [0.5, 0.6) is 6.01 Å². The molecule has 2 aliphatic rings. The molecule has 0 amide bonds. The topological polar surface area (TPSA) is 60.4 Å². The third-order valence-electron chi connectivity index (χ3n) is 4.54. The van der Waals surface area contributed by atoms with Gasteiger partial charge in [0.15, 0.2) is 0 Å². The van der Waals surface area contributed by atoms with Crippen molar-refractivity contribution in [3.63, 3.8) is 0 Å². The van der Waals surface area contributed by atoms with E-state index in [-0.39, 0.29) is 11.7 Å². The molecular formula is C17H20N4O2. The summed E-state index contributed by atoms with van der Waals surface area (Å²) in [6.07, 6.45) is 9.07. The number of hydrogen-bond donors (Lipinski definition) is 0. The molecule has 0 N–H and O–H groups in total. The van der Waals surface area contributed by atoms with Crippen molar-refractivity contribution in [2.45, 2.75) is 31.1 Å². The van der Waals surface area contributed by atoms with Gasteiger partial charge in [-0.25, -0.2) is 9.97 Å². The van der Waals surface area contributed by atoms with E-state index in [4.69, 9.17) is 9.47 Å². The number of likely N-dealkylation sites (tertiary alicyclic amines) is 1. The quantitative estimate of drug-likeness (QED) is 0.856. The van der Waals surface area contributed by atoms with E-state index >= 15 is 0 Å². The molecule has 4 heterocycles. The van der Waals surface area contributed by atoms with E-state index in [1.54, 1.807) is 18.5 Å². The fraction of sp³-hybridized carbons (Fsp3) is 0.471. The van der Waals surface area contributed by atoms with Crippen molar-refractivity contribution in [3.8, 4) is 6.01 Å². The third-order valence-corrected chi connectivity index (χ3v) is 4.54. The second-order valence-corrected chi connectivity index (χ2v) is 6.29. The van der Waals surface area contributed by atoms with Crippen molar-refractivity contribution < 1.29 is 9.47 Å². The van der Waals surface area contributed by atoms with Gasteiger partial charge in [-0.3, -0.25) is 9.88 Å². The lowest BCUT2D eigenvalue weighted by Crippen LogP contribution is -2.33. The molecule has 0 radical (unpaired) electrons. The maximum absolute atomic E-state index is 6.12. The number of aromatic nitrogens is 3. The van der Waals surface area contributed by atoms with Gasteiger partial charge < -0.3 is 9.47 Å². The van der Waals surface area contributed by atoms with Gasteiger partial charge in [0.25, 0.3) is 0 Å². The molecule has 1 spiro atoms. The lowest BCUT2D eigenvalue weighted by Gasteiger charge is -2.23. The van der Waals surface area contributed by atoms with Gasteiger partial charge in [-0.05, 0) is 30.2 Å². The molecule has 6 nitrogen and oxygen atoms in total. The van der Waals surface area contributed by atoms with Gasteiger partial charge in [0.05, 0.1) is 12.2 Å². The van der Waals surface area contributed by atoms with Crippen LogP contribution in [0.25, 0.3) is 0 Å². The molecule has 23 heavy (non-hydrogen) atoms. The summed E-state index contributed by atoms with van der Waals surface area (Å²) in [4.78, 5) is 14.8. The van der Waals surface area contributed by atoms with Crippen LogP contribution in [0.15, 0.2) is 43.0 Å². The molecular weight excluding hydrogens is 292 g/mol. The second-order valence-electron chi connectivity index (χ2n) is 6.29. The second kappa shape index (κ2) is 6.22. The largest absolute Gasteiger partial charge is 0.458 e. The molecule has 120 valence electrons. The van der Waals surface area contributed by atoms with E-state index in [0.717, 1.165) is 32.5 Å². The molecule has 2 unspecified atom stereocenters. The van der Waals surface area contributed by atoms with Gasteiger partial charge in [-0.2, -0.15) is 0 Å². The highest BCUT2D eigenvalue weighted by atomic mass is 16.6. The van der Waals surface area contributed by atoms with E-state index in [0.29, 0.717) is 12.6 Å². The van der Waals surface area contributed by atoms with Crippen LogP contribution in [0.1, 0.15) is 18.4 Å². The molecule has 0 bridgehead atoms. The molecule has 0 aliphatic carbocycles. The minimum Gasteiger partial charge on any atom is -0.458 e. The van der Waals surface area contributed by atoms with Crippen molar-refractivity contribution in [2.75, 3.05) is 19.7 Å². The Morgan fingerprint density at radius 1 is 1.22 bits per heavy atom. The Hall–Kier alpha value is -2.05. The van der Waals surface area contributed by atoms with E-state index < -0.39 is 0 Å². The van der Waals surface area contributed by atoms with Crippen LogP contribution < -0.4 is 4.74 Å². The molecule has 2 fully saturated rings. The minimum atomic E-state index is -0.0769. The van der Waals surface area contributed by atoms with Crippen LogP contribution in [-0.2, 0) is 11.3 Å². The van der Waals surface area contributed by atoms with Gasteiger partial charge in [-0.15, -0.1) is 0 Å². The van der Waals surface area contributed by atoms with Gasteiger partial charge in [0.2, 0.25) is 0 Å². The van der Waals surface area contributed by atoms with Crippen molar-refractivity contribution in [1.29, 1.82) is 0 Å². The summed E-state index contributed by atoms with van der Waals surface area (Å²) < 4.78 is 12.0. The summed E-state index contributed by atoms with van der Waals surface area (Å²) >= 11 is 0. The Balaban J connectivity index is 1.34. The highest BCUT2D eigenvalue weighted by molar-refractivity contribution is 5.11. The first-order valence-corrected chi connectivity index (χ1v) is 8.00. The highest BCUT2D eigenvalue weighted by Crippen LogP contribution is 2.36. The lowest BCUT2D eigenvalue weighted by molar-refractivity contribution is 0.00911. The first-order chi connectivity index (χ1) is 11.3. The maximum atomic E-state index is 6.12. The summed E-state index contributed by atoms with van der Waals surface area (Å²) in [6.45, 7) is 3.56. The van der Waals surface area contributed by atoms with Crippen molar-refractivity contribution in [2.24, 2.45) is 0 Å². The van der Waals surface area contributed by atoms with Gasteiger partial charge in [-0.1, -0.05) is 0 Å². The SMILES string of the molecule is c1cnc(OC2COC3(CCN(Cc4ccncc4)C3)C2)nc1. The Bertz CT molecular complexity index is 580. The first-order valence-electron chi connectivity index (χ1n) is 8.00. The first kappa shape index (κ1) is 14.5. The molecule has 6 heteroatoms. The summed E-state index contributed by atoms with van der Waals surface area (Å²) in [5.74, 6) is 0. The number of pyridine rings is 1. The van der Waals surface area contributed by atoms with Crippen LogP contribution in [0, 0.1) is 0 Å². The molecule has 2 aromatic heterocycles. The summed E-state index contributed by atoms with van der Waals surface area (Å²) in [7, 11) is 0. The molecule has 2 aliphatic heterocycles. The van der Waals surface area contributed by atoms with Crippen LogP contribution in [0.4, 0.5) is 0 Å². The van der Waals surface area contributed by atoms with E-state index in [1.807, 2.05) is 12.4 Å². The molecule has 2 saturated heterocycles. The molecule has 4 rings (SSSR count). The maximum Gasteiger partial charge on any atom is 0.316 e. The average Bonchev–Trinajstić information content (AvgIpc) is 3.16. The zero-order valence-electron chi connectivity index (χ0n) is 13.0. The minimum absolute atomic E-state index is 0.0401. The predicted octanol–water partition coefficient (Wildman–Crippen LogP) is 1.68. The molecule has 0 saturated carbocycles. The van der Waals surface area contributed by atoms with Crippen LogP contribution >= 0.6 is 0 Å². The molecule has 2 aromatic rings. The number of nitrogens with zero attached hydrogens (tertiary/aromatic N) is 4. The fourth-order valence-electron chi connectivity index (χ4n) is 3.47. The normalized spacial score (nSPS) is 27.6. The Morgan fingerprint density at radius 2 is 2.04 bits per heavy atom. The number of rotatable bonds is 4. The molecule has 0 aromatic carbocycles. The van der Waals surface area contributed by atoms with Gasteiger partial charge in [0.1, 0.15) is 6.10 Å². The van der Waals surface area contributed by atoms with E-state index in [9.17, 15) is 0 Å². The lowest BCUT2D eigenvalue weighted by atomic mass is 9.98. The molecule has 2 atom stereocenters. The summed E-state index contributed by atoms with van der Waals surface area (Å²) in [6, 6.07) is 6.36. The third kappa shape index (κ3) is 3.33. The number of ether oxygens (including phenoxy) is 2. The predicted molar refractivity (Wildman–Crippen MR) is 83.9 cm³/mol. The zero-order chi connectivity index (χ0) is 15.5. The van der Waals surface area contributed by atoms with Crippen LogP contribution in [0.3, 0.4) is 0 Å². The van der Waals surface area contributed by atoms with Crippen molar-refractivity contribution >= 4 is 0 Å². The summed E-state index contributed by atoms with van der Waals surface area (Å²) in [5.41, 5.74) is 1.22. The zero-order valence-corrected chi connectivity index (χ0v) is 13.0. The monoisotopic (exact) mass is 312 g/mol. The number of hydrogen-bond acceptors (Lipinski definition) is 6. The standard InChI is InChI=1S/C17H20N4O2/c1-5-19-16(20-6-1)23-15-10-17(22-12-15)4-9-21(13-17)11-14-2-7-18-8-3-14/h1-3,5-8,15H,4,9-13H2. The Labute approximate surface area is 135 Å². The van der Waals surface area contributed by atoms with Gasteiger partial charge >= 0.3 is 6.01 Å². The van der Waals surface area contributed by atoms with E-state index in [1.165, 1.54) is 5.56 Å². The Morgan fingerprint density at radius 3 is 2.87 bits per heavy atom. The van der Waals surface area contributed by atoms with Crippen LogP contribution in [0.2, 0.25) is 0 Å². The van der Waals surface area contributed by atoms with Gasteiger partial charge in [0, 0.05) is 50.8 Å². The highest BCUT2D eigenvalue weighted by Gasteiger charge is 2.46.